The van der Waals surface area contributed by atoms with Gasteiger partial charge in [0.2, 0.25) is 0 Å². The highest BCUT2D eigenvalue weighted by Crippen LogP contribution is 2.50. The molecule has 0 saturated heterocycles. The maximum absolute atomic E-state index is 6.25. The standard InChI is InChI=1S/C46H29NOS/c1-2-11-32(12-3-1)36-27-28-40-39-17-7-9-20-44(39)49-46(40)45(36)47(41-18-10-14-31-13-4-5-15-35(31)41)34-24-21-30(22-25-34)33-23-26-38-37-16-6-8-19-42(37)48-43(38)29-33/h1-29H. The Hall–Kier alpha value is -6.16. The van der Waals surface area contributed by atoms with E-state index in [4.69, 9.17) is 4.42 Å². The van der Waals surface area contributed by atoms with E-state index in [9.17, 15) is 0 Å². The Kier molecular flexibility index (Phi) is 6.39. The molecule has 0 aliphatic carbocycles. The lowest BCUT2D eigenvalue weighted by molar-refractivity contribution is 0.669. The van der Waals surface area contributed by atoms with Crippen molar-refractivity contribution in [3.8, 4) is 22.3 Å². The Morgan fingerprint density at radius 3 is 1.98 bits per heavy atom. The first-order chi connectivity index (χ1) is 24.3. The van der Waals surface area contributed by atoms with Crippen LogP contribution in [-0.4, -0.2) is 0 Å². The van der Waals surface area contributed by atoms with Crippen molar-refractivity contribution in [2.75, 3.05) is 4.90 Å². The summed E-state index contributed by atoms with van der Waals surface area (Å²) in [6.07, 6.45) is 0. The zero-order chi connectivity index (χ0) is 32.3. The molecule has 2 aromatic heterocycles. The molecule has 2 nitrogen and oxygen atoms in total. The van der Waals surface area contributed by atoms with Crippen LogP contribution in [0.1, 0.15) is 0 Å². The number of fused-ring (bicyclic) bond motifs is 7. The van der Waals surface area contributed by atoms with Crippen LogP contribution in [0.5, 0.6) is 0 Å². The van der Waals surface area contributed by atoms with Crippen LogP contribution >= 0.6 is 11.3 Å². The molecular weight excluding hydrogens is 615 g/mol. The second-order valence-corrected chi connectivity index (χ2v) is 13.5. The Morgan fingerprint density at radius 2 is 1.10 bits per heavy atom. The summed E-state index contributed by atoms with van der Waals surface area (Å²) >= 11 is 1.87. The van der Waals surface area contributed by atoms with Gasteiger partial charge in [0.05, 0.1) is 16.1 Å². The summed E-state index contributed by atoms with van der Waals surface area (Å²) in [5, 5.41) is 7.28. The lowest BCUT2D eigenvalue weighted by Crippen LogP contribution is -2.12. The summed E-state index contributed by atoms with van der Waals surface area (Å²) in [5.74, 6) is 0. The third-order valence-electron chi connectivity index (χ3n) is 9.67. The van der Waals surface area contributed by atoms with Gasteiger partial charge in [-0.15, -0.1) is 11.3 Å². The van der Waals surface area contributed by atoms with Crippen LogP contribution < -0.4 is 4.90 Å². The number of hydrogen-bond acceptors (Lipinski definition) is 3. The van der Waals surface area contributed by atoms with Crippen molar-refractivity contribution in [3.63, 3.8) is 0 Å². The predicted octanol–water partition coefficient (Wildman–Crippen LogP) is 13.9. The van der Waals surface area contributed by atoms with E-state index in [0.717, 1.165) is 44.4 Å². The van der Waals surface area contributed by atoms with Gasteiger partial charge in [-0.05, 0) is 64.5 Å². The van der Waals surface area contributed by atoms with E-state index in [1.807, 2.05) is 23.5 Å². The predicted molar refractivity (Wildman–Crippen MR) is 210 cm³/mol. The van der Waals surface area contributed by atoms with Crippen molar-refractivity contribution in [1.82, 2.24) is 0 Å². The fourth-order valence-corrected chi connectivity index (χ4v) is 8.59. The van der Waals surface area contributed by atoms with Crippen molar-refractivity contribution in [2.45, 2.75) is 0 Å². The Balaban J connectivity index is 1.22. The second-order valence-electron chi connectivity index (χ2n) is 12.5. The van der Waals surface area contributed by atoms with Gasteiger partial charge >= 0.3 is 0 Å². The molecule has 0 spiro atoms. The molecule has 0 bridgehead atoms. The second kappa shape index (κ2) is 11.2. The number of nitrogens with zero attached hydrogens (tertiary/aromatic N) is 1. The summed E-state index contributed by atoms with van der Waals surface area (Å²) in [7, 11) is 0. The zero-order valence-corrected chi connectivity index (χ0v) is 27.3. The quantitative estimate of drug-likeness (QED) is 0.186. The van der Waals surface area contributed by atoms with E-state index in [0.29, 0.717) is 0 Å². The molecule has 2 heterocycles. The van der Waals surface area contributed by atoms with Gasteiger partial charge in [0.25, 0.3) is 0 Å². The van der Waals surface area contributed by atoms with E-state index in [-0.39, 0.29) is 0 Å². The van der Waals surface area contributed by atoms with Crippen molar-refractivity contribution in [2.24, 2.45) is 0 Å². The average molecular weight is 644 g/mol. The molecule has 49 heavy (non-hydrogen) atoms. The van der Waals surface area contributed by atoms with Crippen LogP contribution in [0.4, 0.5) is 17.1 Å². The minimum absolute atomic E-state index is 0.907. The Labute approximate surface area is 287 Å². The van der Waals surface area contributed by atoms with Crippen molar-refractivity contribution < 1.29 is 4.42 Å². The molecule has 0 unspecified atom stereocenters. The first kappa shape index (κ1) is 27.9. The van der Waals surface area contributed by atoms with Gasteiger partial charge in [0.1, 0.15) is 11.2 Å². The zero-order valence-electron chi connectivity index (χ0n) is 26.5. The molecule has 230 valence electrons. The van der Waals surface area contributed by atoms with Crippen LogP contribution in [0, 0.1) is 0 Å². The lowest BCUT2D eigenvalue weighted by atomic mass is 9.98. The average Bonchev–Trinajstić information content (AvgIpc) is 3.74. The largest absolute Gasteiger partial charge is 0.456 e. The van der Waals surface area contributed by atoms with E-state index in [1.54, 1.807) is 0 Å². The molecule has 10 rings (SSSR count). The maximum atomic E-state index is 6.25. The molecule has 3 heteroatoms. The van der Waals surface area contributed by atoms with Crippen LogP contribution in [0.25, 0.3) is 75.1 Å². The fourth-order valence-electron chi connectivity index (χ4n) is 7.35. The van der Waals surface area contributed by atoms with Gasteiger partial charge in [-0.1, -0.05) is 133 Å². The molecule has 0 N–H and O–H groups in total. The molecule has 10 aromatic rings. The third-order valence-corrected chi connectivity index (χ3v) is 10.9. The van der Waals surface area contributed by atoms with Crippen LogP contribution in [0.2, 0.25) is 0 Å². The molecule has 0 fully saturated rings. The number of furan rings is 1. The Bertz CT molecular complexity index is 2820. The van der Waals surface area contributed by atoms with Crippen molar-refractivity contribution in [3.05, 3.63) is 176 Å². The summed E-state index contributed by atoms with van der Waals surface area (Å²) in [5.41, 5.74) is 9.94. The third kappa shape index (κ3) is 4.55. The molecule has 0 atom stereocenters. The van der Waals surface area contributed by atoms with Crippen LogP contribution in [-0.2, 0) is 0 Å². The molecule has 0 amide bonds. The Morgan fingerprint density at radius 1 is 0.429 bits per heavy atom. The highest BCUT2D eigenvalue weighted by molar-refractivity contribution is 7.26. The van der Waals surface area contributed by atoms with Crippen molar-refractivity contribution in [1.29, 1.82) is 0 Å². The van der Waals surface area contributed by atoms with E-state index >= 15 is 0 Å². The minimum Gasteiger partial charge on any atom is -0.456 e. The van der Waals surface area contributed by atoms with Gasteiger partial charge < -0.3 is 9.32 Å². The smallest absolute Gasteiger partial charge is 0.136 e. The van der Waals surface area contributed by atoms with Gasteiger partial charge in [-0.2, -0.15) is 0 Å². The number of hydrogen-bond donors (Lipinski definition) is 0. The first-order valence-corrected chi connectivity index (χ1v) is 17.4. The molecule has 0 aliphatic heterocycles. The molecule has 0 saturated carbocycles. The molecule has 0 aliphatic rings. The lowest BCUT2D eigenvalue weighted by Gasteiger charge is -2.30. The number of para-hydroxylation sites is 1. The first-order valence-electron chi connectivity index (χ1n) is 16.6. The van der Waals surface area contributed by atoms with Gasteiger partial charge in [-0.25, -0.2) is 0 Å². The van der Waals surface area contributed by atoms with E-state index in [2.05, 4.69) is 169 Å². The van der Waals surface area contributed by atoms with Crippen LogP contribution in [0.15, 0.2) is 180 Å². The summed E-state index contributed by atoms with van der Waals surface area (Å²) in [6.45, 7) is 0. The van der Waals surface area contributed by atoms with E-state index < -0.39 is 0 Å². The maximum Gasteiger partial charge on any atom is 0.136 e. The van der Waals surface area contributed by atoms with E-state index in [1.165, 1.54) is 47.8 Å². The number of thiophene rings is 1. The number of benzene rings is 8. The highest BCUT2D eigenvalue weighted by atomic mass is 32.1. The van der Waals surface area contributed by atoms with Crippen LogP contribution in [0.3, 0.4) is 0 Å². The van der Waals surface area contributed by atoms with Gasteiger partial charge in [-0.3, -0.25) is 0 Å². The fraction of sp³-hybridized carbons (Fsp3) is 0. The molecular formula is C46H29NOS. The van der Waals surface area contributed by atoms with Crippen molar-refractivity contribution >= 4 is 81.3 Å². The normalized spacial score (nSPS) is 11.7. The highest BCUT2D eigenvalue weighted by Gasteiger charge is 2.24. The topological polar surface area (TPSA) is 16.4 Å². The molecule has 8 aromatic carbocycles. The summed E-state index contributed by atoms with van der Waals surface area (Å²) in [4.78, 5) is 2.48. The number of anilines is 3. The summed E-state index contributed by atoms with van der Waals surface area (Å²) in [6, 6.07) is 63.3. The minimum atomic E-state index is 0.907. The monoisotopic (exact) mass is 643 g/mol. The van der Waals surface area contributed by atoms with Gasteiger partial charge in [0, 0.05) is 42.9 Å². The SMILES string of the molecule is c1ccc(-c2ccc3c(sc4ccccc43)c2N(c2ccc(-c3ccc4c(c3)oc3ccccc34)cc2)c2cccc3ccccc23)cc1. The molecule has 0 radical (unpaired) electrons. The summed E-state index contributed by atoms with van der Waals surface area (Å²) < 4.78 is 8.81. The number of rotatable bonds is 5. The van der Waals surface area contributed by atoms with Gasteiger partial charge in [0.15, 0.2) is 0 Å².